The van der Waals surface area contributed by atoms with Crippen LogP contribution in [0.4, 0.5) is 5.82 Å². The van der Waals surface area contributed by atoms with Crippen molar-refractivity contribution in [1.29, 1.82) is 0 Å². The molecule has 0 atom stereocenters. The normalized spacial score (nSPS) is 14.3. The Morgan fingerprint density at radius 2 is 2.15 bits per heavy atom. The average molecular weight is 353 g/mol. The van der Waals surface area contributed by atoms with Crippen molar-refractivity contribution in [3.05, 3.63) is 39.5 Å². The van der Waals surface area contributed by atoms with Gasteiger partial charge in [0.05, 0.1) is 10.2 Å². The van der Waals surface area contributed by atoms with Crippen LogP contribution < -0.4 is 5.32 Å². The minimum absolute atomic E-state index is 0.558. The summed E-state index contributed by atoms with van der Waals surface area (Å²) in [7, 11) is 0. The summed E-state index contributed by atoms with van der Waals surface area (Å²) in [5, 5.41) is 3.99. The molecule has 2 aromatic rings. The van der Waals surface area contributed by atoms with E-state index < -0.39 is 0 Å². The molecule has 0 bridgehead atoms. The predicted octanol–water partition coefficient (Wildman–Crippen LogP) is 4.87. The molecule has 0 unspecified atom stereocenters. The molecule has 0 saturated heterocycles. The Morgan fingerprint density at radius 3 is 2.80 bits per heavy atom. The number of nitrogens with zero attached hydrogens (tertiary/aromatic N) is 2. The van der Waals surface area contributed by atoms with Gasteiger partial charge in [0.1, 0.15) is 5.82 Å². The third kappa shape index (κ3) is 2.81. The van der Waals surface area contributed by atoms with Gasteiger partial charge in [0.2, 0.25) is 0 Å². The molecule has 1 aromatic carbocycles. The van der Waals surface area contributed by atoms with Crippen LogP contribution in [0.15, 0.2) is 28.7 Å². The lowest BCUT2D eigenvalue weighted by molar-refractivity contribution is 0.974. The second kappa shape index (κ2) is 5.70. The van der Waals surface area contributed by atoms with Gasteiger partial charge in [-0.25, -0.2) is 9.97 Å². The van der Waals surface area contributed by atoms with Crippen LogP contribution in [0.5, 0.6) is 0 Å². The van der Waals surface area contributed by atoms with Crippen molar-refractivity contribution in [1.82, 2.24) is 9.97 Å². The molecule has 3 rings (SSSR count). The minimum Gasteiger partial charge on any atom is -0.369 e. The van der Waals surface area contributed by atoms with Gasteiger partial charge in [0, 0.05) is 23.0 Å². The first-order chi connectivity index (χ1) is 9.69. The van der Waals surface area contributed by atoms with Gasteiger partial charge in [-0.05, 0) is 47.8 Å². The van der Waals surface area contributed by atoms with E-state index in [-0.39, 0.29) is 0 Å². The quantitative estimate of drug-likeness (QED) is 0.853. The molecule has 1 aliphatic rings. The number of anilines is 1. The molecule has 0 radical (unpaired) electrons. The second-order valence-corrected chi connectivity index (χ2v) is 6.14. The van der Waals surface area contributed by atoms with Crippen LogP contribution >= 0.6 is 27.5 Å². The molecule has 1 heterocycles. The number of aromatic nitrogens is 2. The Morgan fingerprint density at radius 1 is 1.35 bits per heavy atom. The summed E-state index contributed by atoms with van der Waals surface area (Å²) in [6.45, 7) is 2.89. The van der Waals surface area contributed by atoms with Gasteiger partial charge >= 0.3 is 0 Å². The zero-order valence-electron chi connectivity index (χ0n) is 11.2. The minimum atomic E-state index is 0.558. The van der Waals surface area contributed by atoms with E-state index >= 15 is 0 Å². The highest BCUT2D eigenvalue weighted by Gasteiger charge is 2.29. The Kier molecular flexibility index (Phi) is 3.94. The third-order valence-electron chi connectivity index (χ3n) is 3.27. The van der Waals surface area contributed by atoms with Gasteiger partial charge in [0.15, 0.2) is 5.82 Å². The number of halogens is 2. The zero-order valence-corrected chi connectivity index (χ0v) is 13.5. The smallest absolute Gasteiger partial charge is 0.161 e. The largest absolute Gasteiger partial charge is 0.369 e. The van der Waals surface area contributed by atoms with Gasteiger partial charge in [-0.3, -0.25) is 0 Å². The number of nitrogens with one attached hydrogen (secondary N) is 1. The molecule has 1 N–H and O–H groups in total. The molecule has 0 amide bonds. The van der Waals surface area contributed by atoms with Crippen LogP contribution in [-0.2, 0) is 0 Å². The maximum atomic E-state index is 6.06. The van der Waals surface area contributed by atoms with Gasteiger partial charge in [0.25, 0.3) is 0 Å². The lowest BCUT2D eigenvalue weighted by atomic mass is 10.2. The predicted molar refractivity (Wildman–Crippen MR) is 86.3 cm³/mol. The highest BCUT2D eigenvalue weighted by molar-refractivity contribution is 9.10. The number of rotatable bonds is 4. The van der Waals surface area contributed by atoms with Gasteiger partial charge < -0.3 is 5.32 Å². The van der Waals surface area contributed by atoms with E-state index in [2.05, 4.69) is 33.2 Å². The summed E-state index contributed by atoms with van der Waals surface area (Å²) in [6.07, 6.45) is 2.41. The first-order valence-corrected chi connectivity index (χ1v) is 7.93. The van der Waals surface area contributed by atoms with Crippen molar-refractivity contribution >= 4 is 33.3 Å². The SMILES string of the molecule is CCNc1nc(-c2cccc(Cl)c2)nc(C2CC2)c1Br. The molecule has 0 spiro atoms. The van der Waals surface area contributed by atoms with Crippen LogP contribution in [0, 0.1) is 0 Å². The van der Waals surface area contributed by atoms with Crippen molar-refractivity contribution in [2.45, 2.75) is 25.7 Å². The molecule has 104 valence electrons. The molecule has 1 aliphatic carbocycles. The fourth-order valence-corrected chi connectivity index (χ4v) is 2.96. The summed E-state index contributed by atoms with van der Waals surface area (Å²) in [4.78, 5) is 9.35. The molecular formula is C15H15BrClN3. The van der Waals surface area contributed by atoms with Crippen LogP contribution in [-0.4, -0.2) is 16.5 Å². The lowest BCUT2D eigenvalue weighted by Gasteiger charge is -2.12. The number of hydrogen-bond acceptors (Lipinski definition) is 3. The van der Waals surface area contributed by atoms with E-state index in [1.807, 2.05) is 24.3 Å². The lowest BCUT2D eigenvalue weighted by Crippen LogP contribution is -2.05. The summed E-state index contributed by atoms with van der Waals surface area (Å²) in [6, 6.07) is 7.67. The van der Waals surface area contributed by atoms with E-state index in [4.69, 9.17) is 16.6 Å². The maximum absolute atomic E-state index is 6.06. The van der Waals surface area contributed by atoms with Crippen molar-refractivity contribution in [2.24, 2.45) is 0 Å². The first kappa shape index (κ1) is 13.8. The third-order valence-corrected chi connectivity index (χ3v) is 4.28. The monoisotopic (exact) mass is 351 g/mol. The van der Waals surface area contributed by atoms with E-state index in [1.165, 1.54) is 12.8 Å². The zero-order chi connectivity index (χ0) is 14.1. The van der Waals surface area contributed by atoms with Crippen molar-refractivity contribution < 1.29 is 0 Å². The molecule has 1 saturated carbocycles. The summed E-state index contributed by atoms with van der Waals surface area (Å²) in [5.74, 6) is 2.15. The molecule has 20 heavy (non-hydrogen) atoms. The van der Waals surface area contributed by atoms with Crippen LogP contribution in [0.25, 0.3) is 11.4 Å². The van der Waals surface area contributed by atoms with Gasteiger partial charge in [-0.1, -0.05) is 23.7 Å². The molecule has 1 aromatic heterocycles. The molecule has 3 nitrogen and oxygen atoms in total. The summed E-state index contributed by atoms with van der Waals surface area (Å²) in [5.41, 5.74) is 2.05. The van der Waals surface area contributed by atoms with E-state index in [1.54, 1.807) is 0 Å². The van der Waals surface area contributed by atoms with Crippen LogP contribution in [0.2, 0.25) is 5.02 Å². The van der Waals surface area contributed by atoms with E-state index in [9.17, 15) is 0 Å². The van der Waals surface area contributed by atoms with Crippen molar-refractivity contribution in [3.63, 3.8) is 0 Å². The molecule has 5 heteroatoms. The fourth-order valence-electron chi connectivity index (χ4n) is 2.13. The topological polar surface area (TPSA) is 37.8 Å². The number of hydrogen-bond donors (Lipinski definition) is 1. The number of benzene rings is 1. The standard InChI is InChI=1S/C15H15BrClN3/c1-2-18-15-12(16)13(9-6-7-9)19-14(20-15)10-4-3-5-11(17)8-10/h3-5,8-9H,2,6-7H2,1H3,(H,18,19,20). The highest BCUT2D eigenvalue weighted by atomic mass is 79.9. The molecule has 0 aliphatic heterocycles. The Balaban J connectivity index is 2.10. The van der Waals surface area contributed by atoms with Crippen molar-refractivity contribution in [3.8, 4) is 11.4 Å². The van der Waals surface area contributed by atoms with Crippen LogP contribution in [0.3, 0.4) is 0 Å². The molecular weight excluding hydrogens is 338 g/mol. The first-order valence-electron chi connectivity index (χ1n) is 6.76. The van der Waals surface area contributed by atoms with Crippen molar-refractivity contribution in [2.75, 3.05) is 11.9 Å². The highest BCUT2D eigenvalue weighted by Crippen LogP contribution is 2.44. The summed E-state index contributed by atoms with van der Waals surface area (Å²) < 4.78 is 0.993. The fraction of sp³-hybridized carbons (Fsp3) is 0.333. The average Bonchev–Trinajstić information content (AvgIpc) is 3.26. The second-order valence-electron chi connectivity index (χ2n) is 4.91. The van der Waals surface area contributed by atoms with E-state index in [0.717, 1.165) is 33.9 Å². The van der Waals surface area contributed by atoms with E-state index in [0.29, 0.717) is 10.9 Å². The Hall–Kier alpha value is -1.13. The molecule has 1 fully saturated rings. The van der Waals surface area contributed by atoms with Gasteiger partial charge in [-0.15, -0.1) is 0 Å². The van der Waals surface area contributed by atoms with Gasteiger partial charge in [-0.2, -0.15) is 0 Å². The Labute approximate surface area is 131 Å². The maximum Gasteiger partial charge on any atom is 0.161 e. The Bertz CT molecular complexity index is 641. The van der Waals surface area contributed by atoms with Crippen LogP contribution in [0.1, 0.15) is 31.4 Å². The summed E-state index contributed by atoms with van der Waals surface area (Å²) >= 11 is 9.69.